The van der Waals surface area contributed by atoms with Crippen LogP contribution < -0.4 is 27.4 Å². The summed E-state index contributed by atoms with van der Waals surface area (Å²) in [6, 6.07) is -6.36. The van der Waals surface area contributed by atoms with Crippen LogP contribution in [0.25, 0.3) is 0 Å². The second-order valence-electron chi connectivity index (χ2n) is 6.57. The molecule has 0 fully saturated rings. The number of aliphatic carboxylic acids is 2. The Balaban J connectivity index is 5.31. The van der Waals surface area contributed by atoms with Crippen molar-refractivity contribution in [3.63, 3.8) is 0 Å². The van der Waals surface area contributed by atoms with Gasteiger partial charge in [0.15, 0.2) is 0 Å². The molecule has 0 aromatic rings. The van der Waals surface area contributed by atoms with Crippen LogP contribution in [0.2, 0.25) is 0 Å². The third-order valence-electron chi connectivity index (χ3n) is 3.94. The molecule has 0 aromatic heterocycles. The molecule has 15 nitrogen and oxygen atoms in total. The lowest BCUT2D eigenvalue weighted by Gasteiger charge is -2.24. The second kappa shape index (κ2) is 13.1. The molecular weight excluding hydrogens is 422 g/mol. The molecular formula is C16H27N5O10. The van der Waals surface area contributed by atoms with Gasteiger partial charge < -0.3 is 47.8 Å². The summed E-state index contributed by atoms with van der Waals surface area (Å²) in [7, 11) is 0. The monoisotopic (exact) mass is 449 g/mol. The summed E-state index contributed by atoms with van der Waals surface area (Å²) < 4.78 is 0. The number of nitrogens with one attached hydrogen (secondary N) is 3. The van der Waals surface area contributed by atoms with Crippen LogP contribution in [-0.2, 0) is 28.8 Å². The van der Waals surface area contributed by atoms with Crippen molar-refractivity contribution in [3.05, 3.63) is 0 Å². The molecule has 0 aliphatic carbocycles. The van der Waals surface area contributed by atoms with Crippen molar-refractivity contribution in [1.82, 2.24) is 16.0 Å². The van der Waals surface area contributed by atoms with Gasteiger partial charge in [0.1, 0.15) is 24.2 Å². The van der Waals surface area contributed by atoms with E-state index in [9.17, 15) is 39.0 Å². The van der Waals surface area contributed by atoms with Crippen molar-refractivity contribution < 1.29 is 49.2 Å². The maximum Gasteiger partial charge on any atom is 0.326 e. The molecule has 0 spiro atoms. The summed E-state index contributed by atoms with van der Waals surface area (Å²) in [4.78, 5) is 69.6. The number of amides is 4. The van der Waals surface area contributed by atoms with Crippen LogP contribution in [-0.4, -0.2) is 92.9 Å². The summed E-state index contributed by atoms with van der Waals surface area (Å²) in [5.74, 6) is -7.18. The van der Waals surface area contributed by atoms with Gasteiger partial charge in [0.05, 0.1) is 19.1 Å². The number of primary amides is 1. The van der Waals surface area contributed by atoms with Crippen LogP contribution in [0.15, 0.2) is 0 Å². The van der Waals surface area contributed by atoms with Crippen molar-refractivity contribution in [1.29, 1.82) is 0 Å². The normalized spacial score (nSPS) is 15.5. The van der Waals surface area contributed by atoms with E-state index >= 15 is 0 Å². The number of carboxylic acids is 2. The van der Waals surface area contributed by atoms with Gasteiger partial charge >= 0.3 is 11.9 Å². The topological polar surface area (TPSA) is 271 Å². The number of nitrogens with two attached hydrogens (primary N) is 2. The van der Waals surface area contributed by atoms with E-state index in [1.807, 2.05) is 16.0 Å². The Morgan fingerprint density at radius 3 is 1.77 bits per heavy atom. The van der Waals surface area contributed by atoms with E-state index in [0.29, 0.717) is 0 Å². The zero-order valence-electron chi connectivity index (χ0n) is 16.6. The number of aliphatic hydroxyl groups excluding tert-OH is 2. The van der Waals surface area contributed by atoms with Gasteiger partial charge in [0.25, 0.3) is 0 Å². The molecule has 0 saturated heterocycles. The largest absolute Gasteiger partial charge is 0.481 e. The van der Waals surface area contributed by atoms with Gasteiger partial charge in [-0.25, -0.2) is 4.79 Å². The molecule has 0 rings (SSSR count). The standard InChI is InChI=1S/C16H27N5O10/c1-6(23)12(18)15(29)21-9(5-22)14(28)20-8(4-10(17)24)13(27)19-7(16(30)31)2-3-11(25)26/h6-9,12,22-23H,2-5,18H2,1H3,(H2,17,24)(H,19,27)(H,20,28)(H,21,29)(H,25,26)(H,30,31)/t6-,7+,8+,9+,12+/m1/s1. The van der Waals surface area contributed by atoms with Gasteiger partial charge in [-0.15, -0.1) is 0 Å². The van der Waals surface area contributed by atoms with Crippen molar-refractivity contribution in [2.24, 2.45) is 11.5 Å². The van der Waals surface area contributed by atoms with E-state index in [1.165, 1.54) is 6.92 Å². The molecule has 0 heterocycles. The van der Waals surface area contributed by atoms with Crippen molar-refractivity contribution in [2.45, 2.75) is 56.5 Å². The highest BCUT2D eigenvalue weighted by molar-refractivity contribution is 5.96. The first kappa shape index (κ1) is 27.7. The molecule has 0 aromatic carbocycles. The molecule has 0 aliphatic heterocycles. The van der Waals surface area contributed by atoms with Crippen LogP contribution in [0.3, 0.4) is 0 Å². The highest BCUT2D eigenvalue weighted by Gasteiger charge is 2.31. The number of carbonyl (C=O) groups excluding carboxylic acids is 4. The molecule has 0 aliphatic rings. The number of aliphatic hydroxyl groups is 2. The minimum Gasteiger partial charge on any atom is -0.481 e. The molecule has 0 unspecified atom stereocenters. The van der Waals surface area contributed by atoms with Crippen molar-refractivity contribution in [3.8, 4) is 0 Å². The molecule has 31 heavy (non-hydrogen) atoms. The van der Waals surface area contributed by atoms with Gasteiger partial charge in [-0.1, -0.05) is 0 Å². The van der Waals surface area contributed by atoms with E-state index in [-0.39, 0.29) is 0 Å². The first-order valence-electron chi connectivity index (χ1n) is 8.98. The lowest BCUT2D eigenvalue weighted by molar-refractivity contribution is -0.143. The van der Waals surface area contributed by atoms with E-state index < -0.39 is 91.7 Å². The third kappa shape index (κ3) is 10.3. The minimum atomic E-state index is -1.69. The molecule has 11 N–H and O–H groups in total. The summed E-state index contributed by atoms with van der Waals surface area (Å²) >= 11 is 0. The molecule has 0 bridgehead atoms. The molecule has 176 valence electrons. The molecule has 15 heteroatoms. The lowest BCUT2D eigenvalue weighted by atomic mass is 10.1. The first-order chi connectivity index (χ1) is 14.3. The Morgan fingerprint density at radius 1 is 0.871 bits per heavy atom. The Hall–Kier alpha value is -3.30. The van der Waals surface area contributed by atoms with Gasteiger partial charge in [0, 0.05) is 6.42 Å². The smallest absolute Gasteiger partial charge is 0.326 e. The number of hydrogen-bond donors (Lipinski definition) is 9. The Kier molecular flexibility index (Phi) is 11.7. The van der Waals surface area contributed by atoms with Crippen LogP contribution >= 0.6 is 0 Å². The quantitative estimate of drug-likeness (QED) is 0.121. The number of rotatable bonds is 14. The van der Waals surface area contributed by atoms with Crippen LogP contribution in [0.4, 0.5) is 0 Å². The van der Waals surface area contributed by atoms with Crippen molar-refractivity contribution in [2.75, 3.05) is 6.61 Å². The first-order valence-corrected chi connectivity index (χ1v) is 8.98. The zero-order chi connectivity index (χ0) is 24.3. The number of carboxylic acid groups (broad SMARTS) is 2. The fraction of sp³-hybridized carbons (Fsp3) is 0.625. The second-order valence-corrected chi connectivity index (χ2v) is 6.57. The van der Waals surface area contributed by atoms with Crippen LogP contribution in [0.5, 0.6) is 0 Å². The summed E-state index contributed by atoms with van der Waals surface area (Å²) in [6.07, 6.45) is -3.08. The fourth-order valence-electron chi connectivity index (χ4n) is 2.16. The van der Waals surface area contributed by atoms with Gasteiger partial charge in [0.2, 0.25) is 23.6 Å². The number of carbonyl (C=O) groups is 6. The average molecular weight is 449 g/mol. The van der Waals surface area contributed by atoms with E-state index in [0.717, 1.165) is 0 Å². The van der Waals surface area contributed by atoms with Crippen LogP contribution in [0.1, 0.15) is 26.2 Å². The minimum absolute atomic E-state index is 0.472. The highest BCUT2D eigenvalue weighted by atomic mass is 16.4. The maximum atomic E-state index is 12.4. The molecule has 0 saturated carbocycles. The zero-order valence-corrected chi connectivity index (χ0v) is 16.6. The average Bonchev–Trinajstić information content (AvgIpc) is 2.66. The predicted octanol–water partition coefficient (Wildman–Crippen LogP) is -5.03. The third-order valence-corrected chi connectivity index (χ3v) is 3.94. The van der Waals surface area contributed by atoms with Gasteiger partial charge in [-0.2, -0.15) is 0 Å². The van der Waals surface area contributed by atoms with Crippen molar-refractivity contribution >= 4 is 35.6 Å². The highest BCUT2D eigenvalue weighted by Crippen LogP contribution is 2.02. The van der Waals surface area contributed by atoms with E-state index in [4.69, 9.17) is 21.7 Å². The summed E-state index contributed by atoms with van der Waals surface area (Å²) in [5, 5.41) is 42.5. The molecule has 5 atom stereocenters. The Bertz CT molecular complexity index is 698. The predicted molar refractivity (Wildman–Crippen MR) is 101 cm³/mol. The summed E-state index contributed by atoms with van der Waals surface area (Å²) in [6.45, 7) is 0.278. The van der Waals surface area contributed by atoms with Crippen LogP contribution in [0, 0.1) is 0 Å². The lowest BCUT2D eigenvalue weighted by Crippen LogP contribution is -2.59. The fourth-order valence-corrected chi connectivity index (χ4v) is 2.16. The molecule has 0 radical (unpaired) electrons. The SMILES string of the molecule is C[C@@H](O)[C@H](N)C(=O)N[C@@H](CO)C(=O)N[C@@H](CC(N)=O)C(=O)N[C@@H](CCC(=O)O)C(=O)O. The Morgan fingerprint density at radius 2 is 1.35 bits per heavy atom. The number of hydrogen-bond acceptors (Lipinski definition) is 9. The Labute approximate surface area is 176 Å². The van der Waals surface area contributed by atoms with Gasteiger partial charge in [-0.05, 0) is 13.3 Å². The van der Waals surface area contributed by atoms with Gasteiger partial charge in [-0.3, -0.25) is 24.0 Å². The summed E-state index contributed by atoms with van der Waals surface area (Å²) in [5.41, 5.74) is 10.4. The molecule has 4 amide bonds. The maximum absolute atomic E-state index is 12.4. The van der Waals surface area contributed by atoms with E-state index in [1.54, 1.807) is 0 Å². The van der Waals surface area contributed by atoms with E-state index in [2.05, 4.69) is 0 Å².